The fourth-order valence-corrected chi connectivity index (χ4v) is 6.30. The van der Waals surface area contributed by atoms with Gasteiger partial charge in [-0.3, -0.25) is 4.79 Å². The quantitative estimate of drug-likeness (QED) is 0.642. The maximum atomic E-state index is 12.9. The number of hydrogen-bond acceptors (Lipinski definition) is 5. The minimum absolute atomic E-state index is 0. The largest absolute Gasteiger partial charge is 0.480 e. The fraction of sp³-hybridized carbons (Fsp3) is 0.316. The van der Waals surface area contributed by atoms with Crippen LogP contribution in [-0.4, -0.2) is 38.1 Å². The molecule has 0 saturated heterocycles. The number of aliphatic carboxylic acids is 1. The average Bonchev–Trinajstić information content (AvgIpc) is 3.16. The summed E-state index contributed by atoms with van der Waals surface area (Å²) in [5.41, 5.74) is 0.481. The highest BCUT2D eigenvalue weighted by Gasteiger charge is 2.63. The van der Waals surface area contributed by atoms with Crippen LogP contribution >= 0.6 is 23.7 Å². The van der Waals surface area contributed by atoms with Gasteiger partial charge in [-0.15, -0.1) is 23.7 Å². The van der Waals surface area contributed by atoms with E-state index in [1.165, 1.54) is 11.3 Å². The molecule has 1 aromatic heterocycles. The number of carboxylic acid groups (broad SMARTS) is 1. The Morgan fingerprint density at radius 1 is 1.21 bits per heavy atom. The number of carboxylic acids is 1. The Labute approximate surface area is 174 Å². The molecule has 2 heterocycles. The molecule has 0 spiro atoms. The van der Waals surface area contributed by atoms with Crippen molar-refractivity contribution in [3.05, 3.63) is 59.0 Å². The predicted molar refractivity (Wildman–Crippen MR) is 112 cm³/mol. The van der Waals surface area contributed by atoms with Crippen LogP contribution in [0.2, 0.25) is 0 Å². The van der Waals surface area contributed by atoms with Crippen LogP contribution in [0.25, 0.3) is 5.57 Å². The van der Waals surface area contributed by atoms with Crippen molar-refractivity contribution in [2.24, 2.45) is 0 Å². The van der Waals surface area contributed by atoms with Crippen LogP contribution in [0.5, 0.6) is 0 Å². The minimum atomic E-state index is -3.91. The number of halogens is 1. The Morgan fingerprint density at radius 2 is 1.96 bits per heavy atom. The van der Waals surface area contributed by atoms with Crippen molar-refractivity contribution in [2.75, 3.05) is 13.1 Å². The predicted octanol–water partition coefficient (Wildman–Crippen LogP) is 2.84. The van der Waals surface area contributed by atoms with Gasteiger partial charge in [-0.05, 0) is 42.7 Å². The molecule has 4 rings (SSSR count). The van der Waals surface area contributed by atoms with Crippen molar-refractivity contribution in [3.63, 3.8) is 0 Å². The smallest absolute Gasteiger partial charge is 0.325 e. The molecule has 0 radical (unpaired) electrons. The van der Waals surface area contributed by atoms with Crippen LogP contribution in [0.15, 0.2) is 52.7 Å². The number of benzene rings is 1. The highest BCUT2D eigenvalue weighted by atomic mass is 35.5. The standard InChI is InChI=1S/C19H20N2O4S2.ClH/c22-18(23)19(12-15(19)13-4-2-1-3-5-13)21-27(24,25)17-7-6-16(26-17)14-8-10-20-11-9-14;/h1-8,15,20-21H,9-12H2,(H,22,23);1H/t15-,19+;/m1./s1. The number of carbonyl (C=O) groups is 1. The zero-order valence-electron chi connectivity index (χ0n) is 14.9. The van der Waals surface area contributed by atoms with E-state index >= 15 is 0 Å². The lowest BCUT2D eigenvalue weighted by atomic mass is 10.1. The van der Waals surface area contributed by atoms with Gasteiger partial charge in [0.2, 0.25) is 0 Å². The molecule has 1 aliphatic carbocycles. The van der Waals surface area contributed by atoms with E-state index in [4.69, 9.17) is 0 Å². The molecule has 1 aromatic carbocycles. The van der Waals surface area contributed by atoms with E-state index in [0.717, 1.165) is 35.5 Å². The van der Waals surface area contributed by atoms with Crippen LogP contribution < -0.4 is 10.0 Å². The molecular formula is C19H21ClN2O4S2. The number of rotatable bonds is 6. The number of sulfonamides is 1. The lowest BCUT2D eigenvalue weighted by molar-refractivity contribution is -0.140. The molecule has 150 valence electrons. The van der Waals surface area contributed by atoms with Crippen LogP contribution in [0.3, 0.4) is 0 Å². The maximum absolute atomic E-state index is 12.9. The lowest BCUT2D eigenvalue weighted by Gasteiger charge is -2.15. The summed E-state index contributed by atoms with van der Waals surface area (Å²) in [6.07, 6.45) is 3.16. The monoisotopic (exact) mass is 440 g/mol. The molecule has 2 atom stereocenters. The second-order valence-corrected chi connectivity index (χ2v) is 9.84. The number of thiophene rings is 1. The van der Waals surface area contributed by atoms with Gasteiger partial charge in [-0.1, -0.05) is 36.4 Å². The van der Waals surface area contributed by atoms with Crippen molar-refractivity contribution >= 4 is 45.3 Å². The molecule has 2 aromatic rings. The van der Waals surface area contributed by atoms with E-state index in [1.807, 2.05) is 30.3 Å². The zero-order valence-corrected chi connectivity index (χ0v) is 17.4. The van der Waals surface area contributed by atoms with Gasteiger partial charge in [0, 0.05) is 17.3 Å². The average molecular weight is 441 g/mol. The highest BCUT2D eigenvalue weighted by Crippen LogP contribution is 2.52. The summed E-state index contributed by atoms with van der Waals surface area (Å²) in [6.45, 7) is 1.64. The maximum Gasteiger partial charge on any atom is 0.325 e. The molecule has 0 unspecified atom stereocenters. The first-order chi connectivity index (χ1) is 12.9. The third-order valence-electron chi connectivity index (χ3n) is 5.09. The molecule has 1 aliphatic heterocycles. The Hall–Kier alpha value is -1.71. The Morgan fingerprint density at radius 3 is 2.61 bits per heavy atom. The summed E-state index contributed by atoms with van der Waals surface area (Å²) in [5.74, 6) is -1.50. The zero-order chi connectivity index (χ0) is 19.1. The second kappa shape index (κ2) is 7.96. The molecule has 28 heavy (non-hydrogen) atoms. The van der Waals surface area contributed by atoms with Crippen molar-refractivity contribution < 1.29 is 18.3 Å². The van der Waals surface area contributed by atoms with Crippen LogP contribution in [0, 0.1) is 0 Å². The van der Waals surface area contributed by atoms with Gasteiger partial charge in [0.15, 0.2) is 0 Å². The summed E-state index contributed by atoms with van der Waals surface area (Å²) in [7, 11) is -3.91. The van der Waals surface area contributed by atoms with Crippen molar-refractivity contribution in [1.29, 1.82) is 0 Å². The molecule has 6 nitrogen and oxygen atoms in total. The summed E-state index contributed by atoms with van der Waals surface area (Å²) in [4.78, 5) is 12.8. The van der Waals surface area contributed by atoms with E-state index < -0.39 is 21.5 Å². The SMILES string of the molecule is Cl.O=C(O)[C@]1(NS(=O)(=O)c2ccc(C3=CCNCC3)s2)C[C@@H]1c1ccccc1. The van der Waals surface area contributed by atoms with E-state index in [1.54, 1.807) is 12.1 Å². The third-order valence-corrected chi connectivity index (χ3v) is 8.25. The summed E-state index contributed by atoms with van der Waals surface area (Å²) >= 11 is 1.18. The first-order valence-electron chi connectivity index (χ1n) is 8.75. The van der Waals surface area contributed by atoms with Crippen molar-refractivity contribution in [2.45, 2.75) is 28.5 Å². The molecule has 1 fully saturated rings. The molecule has 3 N–H and O–H groups in total. The van der Waals surface area contributed by atoms with Crippen LogP contribution in [-0.2, 0) is 14.8 Å². The number of hydrogen-bond donors (Lipinski definition) is 3. The van der Waals surface area contributed by atoms with Crippen molar-refractivity contribution in [3.8, 4) is 0 Å². The molecular weight excluding hydrogens is 420 g/mol. The summed E-state index contributed by atoms with van der Waals surface area (Å²) in [5, 5.41) is 12.9. The van der Waals surface area contributed by atoms with Gasteiger partial charge >= 0.3 is 5.97 Å². The highest BCUT2D eigenvalue weighted by molar-refractivity contribution is 7.91. The van der Waals surface area contributed by atoms with Crippen LogP contribution in [0.1, 0.15) is 29.2 Å². The normalized spacial score (nSPS) is 24.1. The van der Waals surface area contributed by atoms with Gasteiger partial charge in [-0.25, -0.2) is 8.42 Å². The Kier molecular flexibility index (Phi) is 5.97. The molecule has 0 bridgehead atoms. The molecule has 9 heteroatoms. The first kappa shape index (κ1) is 21.0. The second-order valence-electron chi connectivity index (χ2n) is 6.85. The van der Waals surface area contributed by atoms with Crippen LogP contribution in [0.4, 0.5) is 0 Å². The lowest BCUT2D eigenvalue weighted by Crippen LogP contribution is -2.44. The van der Waals surface area contributed by atoms with Gasteiger partial charge in [0.1, 0.15) is 9.75 Å². The van der Waals surface area contributed by atoms with E-state index in [2.05, 4.69) is 16.1 Å². The van der Waals surface area contributed by atoms with E-state index in [-0.39, 0.29) is 29.0 Å². The Bertz CT molecular complexity index is 1000. The first-order valence-corrected chi connectivity index (χ1v) is 11.0. The number of nitrogens with one attached hydrogen (secondary N) is 2. The van der Waals surface area contributed by atoms with Gasteiger partial charge in [0.05, 0.1) is 0 Å². The van der Waals surface area contributed by atoms with Gasteiger partial charge in [-0.2, -0.15) is 4.72 Å². The minimum Gasteiger partial charge on any atom is -0.480 e. The summed E-state index contributed by atoms with van der Waals surface area (Å²) < 4.78 is 28.4. The topological polar surface area (TPSA) is 95.5 Å². The molecule has 2 aliphatic rings. The third kappa shape index (κ3) is 3.88. The Balaban J connectivity index is 0.00000225. The summed E-state index contributed by atoms with van der Waals surface area (Å²) in [6, 6.07) is 12.5. The molecule has 0 amide bonds. The van der Waals surface area contributed by atoms with Gasteiger partial charge < -0.3 is 10.4 Å². The van der Waals surface area contributed by atoms with Crippen molar-refractivity contribution in [1.82, 2.24) is 10.0 Å². The van der Waals surface area contributed by atoms with E-state index in [9.17, 15) is 18.3 Å². The van der Waals surface area contributed by atoms with E-state index in [0.29, 0.717) is 0 Å². The van der Waals surface area contributed by atoms with Gasteiger partial charge in [0.25, 0.3) is 10.0 Å². The molecule has 1 saturated carbocycles. The fourth-order valence-electron chi connectivity index (χ4n) is 3.52.